The summed E-state index contributed by atoms with van der Waals surface area (Å²) in [5.41, 5.74) is 2.75. The second kappa shape index (κ2) is 6.31. The molecule has 0 saturated carbocycles. The summed E-state index contributed by atoms with van der Waals surface area (Å²) in [5.74, 6) is -0.581. The first-order valence-corrected chi connectivity index (χ1v) is 7.65. The van der Waals surface area contributed by atoms with E-state index >= 15 is 0 Å². The fourth-order valence-electron chi connectivity index (χ4n) is 2.64. The molecule has 0 aliphatic carbocycles. The monoisotopic (exact) mass is 326 g/mol. The molecule has 2 aromatic rings. The van der Waals surface area contributed by atoms with Crippen LogP contribution in [-0.4, -0.2) is 35.2 Å². The molecule has 1 aromatic heterocycles. The van der Waals surface area contributed by atoms with Gasteiger partial charge in [-0.3, -0.25) is 9.88 Å². The molecule has 1 aliphatic heterocycles. The first kappa shape index (κ1) is 16.0. The van der Waals surface area contributed by atoms with Crippen LogP contribution in [0.4, 0.5) is 4.79 Å². The van der Waals surface area contributed by atoms with Gasteiger partial charge in [-0.15, -0.1) is 0 Å². The second-order valence-electron chi connectivity index (χ2n) is 5.79. The predicted octanol–water partition coefficient (Wildman–Crippen LogP) is 3.11. The molecular formula is C18H18N2O4. The van der Waals surface area contributed by atoms with Crippen LogP contribution < -0.4 is 0 Å². The van der Waals surface area contributed by atoms with Gasteiger partial charge in [0.2, 0.25) is 0 Å². The molecule has 2 heterocycles. The van der Waals surface area contributed by atoms with Gasteiger partial charge in [-0.25, -0.2) is 9.59 Å². The number of pyridine rings is 1. The van der Waals surface area contributed by atoms with E-state index < -0.39 is 12.1 Å². The van der Waals surface area contributed by atoms with Crippen molar-refractivity contribution >= 4 is 29.0 Å². The zero-order chi connectivity index (χ0) is 17.3. The van der Waals surface area contributed by atoms with Gasteiger partial charge >= 0.3 is 12.1 Å². The van der Waals surface area contributed by atoms with Crippen molar-refractivity contribution in [1.82, 2.24) is 9.88 Å². The van der Waals surface area contributed by atoms with Crippen LogP contribution in [0.5, 0.6) is 0 Å². The van der Waals surface area contributed by atoms with Gasteiger partial charge in [0.1, 0.15) is 5.70 Å². The third-order valence-electron chi connectivity index (χ3n) is 3.73. The molecule has 24 heavy (non-hydrogen) atoms. The average Bonchev–Trinajstić information content (AvgIpc) is 2.57. The summed E-state index contributed by atoms with van der Waals surface area (Å²) in [5, 5.41) is 0.975. The summed E-state index contributed by atoms with van der Waals surface area (Å²) in [6.45, 7) is 3.76. The molecule has 0 unspecified atom stereocenters. The Morgan fingerprint density at radius 3 is 2.79 bits per heavy atom. The van der Waals surface area contributed by atoms with Gasteiger partial charge in [0.25, 0.3) is 0 Å². The Bertz CT molecular complexity index is 842. The maximum Gasteiger partial charge on any atom is 0.415 e. The van der Waals surface area contributed by atoms with Gasteiger partial charge in [0.15, 0.2) is 0 Å². The van der Waals surface area contributed by atoms with Gasteiger partial charge < -0.3 is 9.47 Å². The summed E-state index contributed by atoms with van der Waals surface area (Å²) in [6.07, 6.45) is 2.51. The molecule has 0 spiro atoms. The Morgan fingerprint density at radius 2 is 2.08 bits per heavy atom. The second-order valence-corrected chi connectivity index (χ2v) is 5.79. The highest BCUT2D eigenvalue weighted by Gasteiger charge is 2.30. The van der Waals surface area contributed by atoms with Crippen molar-refractivity contribution in [2.75, 3.05) is 7.11 Å². The van der Waals surface area contributed by atoms with Gasteiger partial charge in [-0.2, -0.15) is 0 Å². The highest BCUT2D eigenvalue weighted by molar-refractivity contribution is 5.98. The minimum Gasteiger partial charge on any atom is -0.464 e. The highest BCUT2D eigenvalue weighted by Crippen LogP contribution is 2.29. The van der Waals surface area contributed by atoms with Crippen molar-refractivity contribution in [2.45, 2.75) is 26.5 Å². The number of esters is 1. The number of rotatable bonds is 2. The standard InChI is InChI=1S/C18H18N2O4/c1-11(2)24-18(22)20-10-14-7-12-5-4-6-19-15(12)8-13(14)9-16(20)17(21)23-3/h4-9,11H,10H2,1-3H3. The molecule has 6 nitrogen and oxygen atoms in total. The molecule has 0 atom stereocenters. The van der Waals surface area contributed by atoms with E-state index in [9.17, 15) is 9.59 Å². The van der Waals surface area contributed by atoms with Crippen LogP contribution >= 0.6 is 0 Å². The molecule has 0 fully saturated rings. The van der Waals surface area contributed by atoms with E-state index in [1.165, 1.54) is 12.0 Å². The molecule has 0 N–H and O–H groups in total. The van der Waals surface area contributed by atoms with E-state index in [2.05, 4.69) is 4.98 Å². The van der Waals surface area contributed by atoms with Gasteiger partial charge in [-0.1, -0.05) is 6.07 Å². The quantitative estimate of drug-likeness (QED) is 0.793. The molecule has 1 aliphatic rings. The largest absolute Gasteiger partial charge is 0.464 e. The Balaban J connectivity index is 2.07. The first-order valence-electron chi connectivity index (χ1n) is 7.65. The zero-order valence-corrected chi connectivity index (χ0v) is 13.8. The lowest BCUT2D eigenvalue weighted by Crippen LogP contribution is -2.37. The third kappa shape index (κ3) is 2.95. The molecule has 1 aromatic carbocycles. The Hall–Kier alpha value is -2.89. The van der Waals surface area contributed by atoms with E-state index in [0.717, 1.165) is 22.0 Å². The lowest BCUT2D eigenvalue weighted by atomic mass is 9.99. The van der Waals surface area contributed by atoms with Crippen molar-refractivity contribution in [1.29, 1.82) is 0 Å². The van der Waals surface area contributed by atoms with Crippen molar-refractivity contribution < 1.29 is 19.1 Å². The maximum absolute atomic E-state index is 12.4. The number of amides is 1. The fourth-order valence-corrected chi connectivity index (χ4v) is 2.64. The number of carbonyl (C=O) groups excluding carboxylic acids is 2. The van der Waals surface area contributed by atoms with E-state index in [4.69, 9.17) is 9.47 Å². The van der Waals surface area contributed by atoms with Crippen LogP contribution in [-0.2, 0) is 20.8 Å². The number of methoxy groups -OCH3 is 1. The average molecular weight is 326 g/mol. The van der Waals surface area contributed by atoms with Crippen LogP contribution in [0, 0.1) is 0 Å². The zero-order valence-electron chi connectivity index (χ0n) is 13.8. The third-order valence-corrected chi connectivity index (χ3v) is 3.73. The first-order chi connectivity index (χ1) is 11.5. The number of fused-ring (bicyclic) bond motifs is 2. The van der Waals surface area contributed by atoms with Crippen LogP contribution in [0.1, 0.15) is 25.0 Å². The minimum atomic E-state index is -0.581. The fraction of sp³-hybridized carbons (Fsp3) is 0.278. The number of hydrogen-bond donors (Lipinski definition) is 0. The van der Waals surface area contributed by atoms with E-state index in [-0.39, 0.29) is 18.3 Å². The van der Waals surface area contributed by atoms with Crippen LogP contribution in [0.2, 0.25) is 0 Å². The lowest BCUT2D eigenvalue weighted by Gasteiger charge is -2.28. The topological polar surface area (TPSA) is 68.7 Å². The summed E-state index contributed by atoms with van der Waals surface area (Å²) in [6, 6.07) is 7.69. The molecule has 1 amide bonds. The normalized spacial score (nSPS) is 13.5. The van der Waals surface area contributed by atoms with Crippen molar-refractivity contribution in [2.24, 2.45) is 0 Å². The van der Waals surface area contributed by atoms with Crippen LogP contribution in [0.15, 0.2) is 36.2 Å². The molecule has 124 valence electrons. The van der Waals surface area contributed by atoms with E-state index in [1.54, 1.807) is 26.1 Å². The molecule has 6 heteroatoms. The van der Waals surface area contributed by atoms with E-state index in [0.29, 0.717) is 0 Å². The number of nitrogens with zero attached hydrogens (tertiary/aromatic N) is 2. The van der Waals surface area contributed by atoms with Crippen LogP contribution in [0.3, 0.4) is 0 Å². The maximum atomic E-state index is 12.4. The SMILES string of the molecule is COC(=O)C1=Cc2cc3ncccc3cc2CN1C(=O)OC(C)C. The number of aromatic nitrogens is 1. The Labute approximate surface area is 139 Å². The Morgan fingerprint density at radius 1 is 1.29 bits per heavy atom. The molecular weight excluding hydrogens is 308 g/mol. The van der Waals surface area contributed by atoms with Crippen molar-refractivity contribution in [3.05, 3.63) is 47.3 Å². The molecule has 0 saturated heterocycles. The number of benzene rings is 1. The molecule has 3 rings (SSSR count). The minimum absolute atomic E-state index is 0.158. The van der Waals surface area contributed by atoms with Crippen LogP contribution in [0.25, 0.3) is 17.0 Å². The number of ether oxygens (including phenoxy) is 2. The predicted molar refractivity (Wildman–Crippen MR) is 88.9 cm³/mol. The van der Waals surface area contributed by atoms with Gasteiger partial charge in [0, 0.05) is 11.6 Å². The number of hydrogen-bond acceptors (Lipinski definition) is 5. The summed E-state index contributed by atoms with van der Waals surface area (Å²) < 4.78 is 10.0. The molecule has 0 bridgehead atoms. The van der Waals surface area contributed by atoms with Gasteiger partial charge in [0.05, 0.1) is 25.3 Å². The Kier molecular flexibility index (Phi) is 4.20. The van der Waals surface area contributed by atoms with E-state index in [1.807, 2.05) is 24.3 Å². The van der Waals surface area contributed by atoms with Crippen molar-refractivity contribution in [3.8, 4) is 0 Å². The summed E-state index contributed by atoms with van der Waals surface area (Å²) in [4.78, 5) is 30.1. The number of carbonyl (C=O) groups is 2. The highest BCUT2D eigenvalue weighted by atomic mass is 16.6. The van der Waals surface area contributed by atoms with Crippen molar-refractivity contribution in [3.63, 3.8) is 0 Å². The van der Waals surface area contributed by atoms with Gasteiger partial charge in [-0.05, 0) is 49.2 Å². The smallest absolute Gasteiger partial charge is 0.415 e. The summed E-state index contributed by atoms with van der Waals surface area (Å²) in [7, 11) is 1.28. The summed E-state index contributed by atoms with van der Waals surface area (Å²) >= 11 is 0. The molecule has 0 radical (unpaired) electrons. The lowest BCUT2D eigenvalue weighted by molar-refractivity contribution is -0.137.